The number of rotatable bonds is 0. The molecule has 2 rings (SSSR count). The third kappa shape index (κ3) is 1.31. The number of carboxylic acid groups (broad SMARTS) is 1. The van der Waals surface area contributed by atoms with Gasteiger partial charge in [0.1, 0.15) is 0 Å². The summed E-state index contributed by atoms with van der Waals surface area (Å²) in [5.74, 6) is 1.25. The van der Waals surface area contributed by atoms with E-state index < -0.39 is 6.09 Å². The largest absolute Gasteiger partial charge is 0.465 e. The van der Waals surface area contributed by atoms with Crippen LogP contribution in [0.2, 0.25) is 0 Å². The second-order valence-electron chi connectivity index (χ2n) is 3.24. The molecule has 0 bridgehead atoms. The normalized spacial score (nSPS) is 27.1. The molecule has 1 spiro atoms. The summed E-state index contributed by atoms with van der Waals surface area (Å²) in [7, 11) is 0. The Morgan fingerprint density at radius 2 is 2.00 bits per heavy atom. The Labute approximate surface area is 69.8 Å². The smallest absolute Gasteiger partial charge is 0.407 e. The minimum absolute atomic E-state index is 0.506. The lowest BCUT2D eigenvalue weighted by Crippen LogP contribution is -2.40. The number of thioether (sulfide) groups is 1. The standard InChI is InChI=1S/C7H11NO2S/c9-6(10)8-3-1-7(2-4-8)5-11-7/h1-5H2,(H,9,10). The average Bonchev–Trinajstić information content (AvgIpc) is 2.70. The van der Waals surface area contributed by atoms with E-state index >= 15 is 0 Å². The Morgan fingerprint density at radius 3 is 2.36 bits per heavy atom. The summed E-state index contributed by atoms with van der Waals surface area (Å²) in [5, 5.41) is 8.65. The molecule has 3 nitrogen and oxygen atoms in total. The molecule has 0 saturated carbocycles. The van der Waals surface area contributed by atoms with Crippen molar-refractivity contribution in [2.75, 3.05) is 18.8 Å². The molecule has 2 heterocycles. The van der Waals surface area contributed by atoms with Crippen molar-refractivity contribution in [2.45, 2.75) is 17.6 Å². The summed E-state index contributed by atoms with van der Waals surface area (Å²) in [5.41, 5.74) is 0. The first-order chi connectivity index (χ1) is 5.22. The van der Waals surface area contributed by atoms with Crippen LogP contribution in [0.1, 0.15) is 12.8 Å². The molecule has 0 unspecified atom stereocenters. The molecule has 0 aromatic rings. The van der Waals surface area contributed by atoms with Gasteiger partial charge in [0, 0.05) is 23.6 Å². The van der Waals surface area contributed by atoms with Gasteiger partial charge in [-0.15, -0.1) is 0 Å². The summed E-state index contributed by atoms with van der Waals surface area (Å²) in [4.78, 5) is 12.0. The molecular weight excluding hydrogens is 162 g/mol. The van der Waals surface area contributed by atoms with Crippen LogP contribution in [-0.2, 0) is 0 Å². The number of likely N-dealkylation sites (tertiary alicyclic amines) is 1. The Kier molecular flexibility index (Phi) is 1.52. The zero-order valence-corrected chi connectivity index (χ0v) is 7.06. The first-order valence-electron chi connectivity index (χ1n) is 3.84. The molecule has 4 heteroatoms. The zero-order valence-electron chi connectivity index (χ0n) is 6.25. The topological polar surface area (TPSA) is 40.5 Å². The van der Waals surface area contributed by atoms with Crippen molar-refractivity contribution in [1.29, 1.82) is 0 Å². The second kappa shape index (κ2) is 2.30. The van der Waals surface area contributed by atoms with Crippen molar-refractivity contribution in [3.05, 3.63) is 0 Å². The fourth-order valence-corrected chi connectivity index (χ4v) is 2.46. The molecule has 1 amide bonds. The fourth-order valence-electron chi connectivity index (χ4n) is 1.50. The third-order valence-corrected chi connectivity index (χ3v) is 4.01. The van der Waals surface area contributed by atoms with Gasteiger partial charge in [-0.3, -0.25) is 0 Å². The highest BCUT2D eigenvalue weighted by Gasteiger charge is 2.46. The van der Waals surface area contributed by atoms with E-state index in [9.17, 15) is 4.79 Å². The van der Waals surface area contributed by atoms with Crippen molar-refractivity contribution in [1.82, 2.24) is 4.90 Å². The summed E-state index contributed by atoms with van der Waals surface area (Å²) < 4.78 is 0.506. The molecule has 11 heavy (non-hydrogen) atoms. The van der Waals surface area contributed by atoms with Gasteiger partial charge in [0.05, 0.1) is 0 Å². The average molecular weight is 173 g/mol. The number of amides is 1. The monoisotopic (exact) mass is 173 g/mol. The van der Waals surface area contributed by atoms with E-state index in [0.29, 0.717) is 4.75 Å². The van der Waals surface area contributed by atoms with E-state index in [1.165, 1.54) is 10.7 Å². The van der Waals surface area contributed by atoms with Gasteiger partial charge < -0.3 is 10.0 Å². The van der Waals surface area contributed by atoms with Crippen LogP contribution in [0, 0.1) is 0 Å². The molecule has 62 valence electrons. The minimum Gasteiger partial charge on any atom is -0.465 e. The molecule has 0 aliphatic carbocycles. The van der Waals surface area contributed by atoms with Crippen LogP contribution < -0.4 is 0 Å². The van der Waals surface area contributed by atoms with Crippen molar-refractivity contribution in [2.24, 2.45) is 0 Å². The summed E-state index contributed by atoms with van der Waals surface area (Å²) in [6.45, 7) is 1.48. The minimum atomic E-state index is -0.759. The van der Waals surface area contributed by atoms with Gasteiger partial charge in [0.25, 0.3) is 0 Å². The Bertz CT molecular complexity index is 181. The van der Waals surface area contributed by atoms with Crippen LogP contribution in [0.5, 0.6) is 0 Å². The molecular formula is C7H11NO2S. The molecule has 0 aromatic carbocycles. The highest BCUT2D eigenvalue weighted by Crippen LogP contribution is 2.51. The number of piperidine rings is 1. The van der Waals surface area contributed by atoms with E-state index in [-0.39, 0.29) is 0 Å². The van der Waals surface area contributed by atoms with E-state index in [2.05, 4.69) is 0 Å². The summed E-state index contributed by atoms with van der Waals surface area (Å²) in [6.07, 6.45) is 1.36. The molecule has 2 aliphatic rings. The first-order valence-corrected chi connectivity index (χ1v) is 4.82. The highest BCUT2D eigenvalue weighted by molar-refractivity contribution is 8.07. The number of hydrogen-bond acceptors (Lipinski definition) is 2. The van der Waals surface area contributed by atoms with E-state index in [0.717, 1.165) is 25.9 Å². The Balaban J connectivity index is 1.89. The van der Waals surface area contributed by atoms with Crippen LogP contribution >= 0.6 is 11.8 Å². The Morgan fingerprint density at radius 1 is 1.45 bits per heavy atom. The van der Waals surface area contributed by atoms with Gasteiger partial charge in [0.15, 0.2) is 0 Å². The molecule has 0 atom stereocenters. The molecule has 0 radical (unpaired) electrons. The maximum Gasteiger partial charge on any atom is 0.407 e. The molecule has 2 saturated heterocycles. The van der Waals surface area contributed by atoms with Gasteiger partial charge in [0.2, 0.25) is 0 Å². The lowest BCUT2D eigenvalue weighted by molar-refractivity contribution is 0.133. The van der Waals surface area contributed by atoms with Gasteiger partial charge >= 0.3 is 6.09 Å². The molecule has 1 N–H and O–H groups in total. The van der Waals surface area contributed by atoms with E-state index in [1.807, 2.05) is 11.8 Å². The third-order valence-electron chi connectivity index (χ3n) is 2.50. The molecule has 2 aliphatic heterocycles. The van der Waals surface area contributed by atoms with Gasteiger partial charge in [-0.05, 0) is 12.8 Å². The lowest BCUT2D eigenvalue weighted by Gasteiger charge is -2.28. The summed E-state index contributed by atoms with van der Waals surface area (Å²) >= 11 is 1.99. The van der Waals surface area contributed by atoms with E-state index in [1.54, 1.807) is 0 Å². The zero-order chi connectivity index (χ0) is 7.90. The summed E-state index contributed by atoms with van der Waals surface area (Å²) in [6, 6.07) is 0. The maximum absolute atomic E-state index is 10.5. The van der Waals surface area contributed by atoms with Crippen LogP contribution in [0.4, 0.5) is 4.79 Å². The van der Waals surface area contributed by atoms with Crippen LogP contribution in [0.3, 0.4) is 0 Å². The predicted octanol–water partition coefficient (Wildman–Crippen LogP) is 1.25. The number of carbonyl (C=O) groups is 1. The molecule has 2 fully saturated rings. The second-order valence-corrected chi connectivity index (χ2v) is 4.68. The van der Waals surface area contributed by atoms with Gasteiger partial charge in [-0.25, -0.2) is 4.79 Å². The SMILES string of the molecule is O=C(O)N1CCC2(CC1)CS2. The molecule has 0 aromatic heterocycles. The Hall–Kier alpha value is -0.380. The predicted molar refractivity (Wildman–Crippen MR) is 44.0 cm³/mol. The number of nitrogens with zero attached hydrogens (tertiary/aromatic N) is 1. The van der Waals surface area contributed by atoms with Crippen LogP contribution in [-0.4, -0.2) is 39.7 Å². The van der Waals surface area contributed by atoms with Crippen molar-refractivity contribution >= 4 is 17.9 Å². The van der Waals surface area contributed by atoms with Crippen LogP contribution in [0.15, 0.2) is 0 Å². The quantitative estimate of drug-likeness (QED) is 0.560. The fraction of sp³-hybridized carbons (Fsp3) is 0.857. The van der Waals surface area contributed by atoms with E-state index in [4.69, 9.17) is 5.11 Å². The number of hydrogen-bond donors (Lipinski definition) is 1. The van der Waals surface area contributed by atoms with Crippen molar-refractivity contribution < 1.29 is 9.90 Å². The van der Waals surface area contributed by atoms with Gasteiger partial charge in [-0.2, -0.15) is 11.8 Å². The van der Waals surface area contributed by atoms with Crippen molar-refractivity contribution in [3.8, 4) is 0 Å². The van der Waals surface area contributed by atoms with Crippen LogP contribution in [0.25, 0.3) is 0 Å². The maximum atomic E-state index is 10.5. The van der Waals surface area contributed by atoms with Crippen molar-refractivity contribution in [3.63, 3.8) is 0 Å². The first kappa shape index (κ1) is 7.28. The lowest BCUT2D eigenvalue weighted by atomic mass is 9.99. The van der Waals surface area contributed by atoms with Gasteiger partial charge in [-0.1, -0.05) is 0 Å². The highest BCUT2D eigenvalue weighted by atomic mass is 32.2.